The summed E-state index contributed by atoms with van der Waals surface area (Å²) in [4.78, 5) is 34.3. The molecule has 2 aromatic carbocycles. The zero-order valence-electron chi connectivity index (χ0n) is 14.1. The van der Waals surface area contributed by atoms with Crippen molar-refractivity contribution in [2.24, 2.45) is 0 Å². The summed E-state index contributed by atoms with van der Waals surface area (Å²) in [6, 6.07) is 16.2. The second-order valence-electron chi connectivity index (χ2n) is 5.79. The van der Waals surface area contributed by atoms with Crippen molar-refractivity contribution in [1.29, 1.82) is 0 Å². The first-order chi connectivity index (χ1) is 12.7. The number of benzene rings is 2. The van der Waals surface area contributed by atoms with Crippen LogP contribution in [-0.4, -0.2) is 32.8 Å². The van der Waals surface area contributed by atoms with E-state index in [9.17, 15) is 9.59 Å². The highest BCUT2D eigenvalue weighted by Crippen LogP contribution is 2.20. The molecule has 0 bridgehead atoms. The Labute approximate surface area is 148 Å². The third-order valence-electron chi connectivity index (χ3n) is 4.20. The van der Waals surface area contributed by atoms with Crippen molar-refractivity contribution in [3.05, 3.63) is 75.4 Å². The van der Waals surface area contributed by atoms with Gasteiger partial charge in [0, 0.05) is 13.7 Å². The molecular weight excluding hydrogens is 332 g/mol. The molecule has 0 fully saturated rings. The Morgan fingerprint density at radius 3 is 2.46 bits per heavy atom. The number of fused-ring (bicyclic) bond motifs is 2. The fourth-order valence-electron chi connectivity index (χ4n) is 3.00. The first-order valence-corrected chi connectivity index (χ1v) is 8.17. The molecule has 0 amide bonds. The van der Waals surface area contributed by atoms with Crippen molar-refractivity contribution in [3.63, 3.8) is 0 Å². The van der Waals surface area contributed by atoms with Crippen molar-refractivity contribution >= 4 is 11.0 Å². The third kappa shape index (κ3) is 2.58. The molecule has 26 heavy (non-hydrogen) atoms. The van der Waals surface area contributed by atoms with Gasteiger partial charge in [-0.1, -0.05) is 30.3 Å². The van der Waals surface area contributed by atoms with E-state index in [1.54, 1.807) is 35.9 Å². The molecule has 0 aliphatic carbocycles. The zero-order chi connectivity index (χ0) is 18.1. The Kier molecular flexibility index (Phi) is 4.06. The van der Waals surface area contributed by atoms with Crippen LogP contribution >= 0.6 is 0 Å². The summed E-state index contributed by atoms with van der Waals surface area (Å²) in [7, 11) is 1.60. The SMILES string of the molecule is COCCn1c2nc(=O)n(-c3ccccc3)c(=O)c-2nc2ccccc21. The van der Waals surface area contributed by atoms with Crippen LogP contribution in [0.2, 0.25) is 0 Å². The lowest BCUT2D eigenvalue weighted by atomic mass is 10.2. The van der Waals surface area contributed by atoms with Gasteiger partial charge in [0.05, 0.1) is 23.3 Å². The van der Waals surface area contributed by atoms with E-state index in [-0.39, 0.29) is 11.5 Å². The number of methoxy groups -OCH3 is 1. The summed E-state index contributed by atoms with van der Waals surface area (Å²) < 4.78 is 8.02. The Morgan fingerprint density at radius 2 is 1.69 bits per heavy atom. The number of para-hydroxylation sites is 3. The van der Waals surface area contributed by atoms with Gasteiger partial charge in [-0.05, 0) is 24.3 Å². The number of aromatic nitrogens is 4. The molecule has 7 heteroatoms. The molecule has 0 unspecified atom stereocenters. The van der Waals surface area contributed by atoms with E-state index in [0.29, 0.717) is 24.4 Å². The summed E-state index contributed by atoms with van der Waals surface area (Å²) >= 11 is 0. The summed E-state index contributed by atoms with van der Waals surface area (Å²) in [6.45, 7) is 0.878. The molecule has 0 N–H and O–H groups in total. The predicted molar refractivity (Wildman–Crippen MR) is 97.9 cm³/mol. The highest BCUT2D eigenvalue weighted by molar-refractivity contribution is 5.79. The van der Waals surface area contributed by atoms with Crippen molar-refractivity contribution in [2.75, 3.05) is 13.7 Å². The number of nitrogens with zero attached hydrogens (tertiary/aromatic N) is 4. The Balaban J connectivity index is 2.10. The second kappa shape index (κ2) is 6.53. The minimum Gasteiger partial charge on any atom is -0.383 e. The molecule has 2 aliphatic rings. The van der Waals surface area contributed by atoms with Crippen molar-refractivity contribution in [3.8, 4) is 17.2 Å². The second-order valence-corrected chi connectivity index (χ2v) is 5.79. The van der Waals surface area contributed by atoms with Crippen LogP contribution in [0.1, 0.15) is 0 Å². The average Bonchev–Trinajstić information content (AvgIpc) is 2.67. The van der Waals surface area contributed by atoms with Gasteiger partial charge in [-0.3, -0.25) is 4.79 Å². The van der Waals surface area contributed by atoms with Crippen LogP contribution in [0.3, 0.4) is 0 Å². The largest absolute Gasteiger partial charge is 0.383 e. The first kappa shape index (κ1) is 16.2. The molecule has 0 radical (unpaired) electrons. The van der Waals surface area contributed by atoms with Crippen LogP contribution in [0.15, 0.2) is 64.2 Å². The lowest BCUT2D eigenvalue weighted by Gasteiger charge is -2.17. The van der Waals surface area contributed by atoms with Crippen LogP contribution in [0.4, 0.5) is 0 Å². The Hall–Kier alpha value is -3.32. The van der Waals surface area contributed by atoms with Crippen LogP contribution in [0.5, 0.6) is 0 Å². The predicted octanol–water partition coefficient (Wildman–Crippen LogP) is 1.69. The Morgan fingerprint density at radius 1 is 0.962 bits per heavy atom. The molecular formula is C19H16N4O3. The summed E-state index contributed by atoms with van der Waals surface area (Å²) in [5.74, 6) is 0.267. The molecule has 0 atom stereocenters. The van der Waals surface area contributed by atoms with E-state index in [4.69, 9.17) is 4.74 Å². The number of rotatable bonds is 4. The molecule has 2 aliphatic heterocycles. The average molecular weight is 348 g/mol. The monoisotopic (exact) mass is 348 g/mol. The van der Waals surface area contributed by atoms with Gasteiger partial charge in [0.25, 0.3) is 5.56 Å². The van der Waals surface area contributed by atoms with Gasteiger partial charge >= 0.3 is 5.69 Å². The molecule has 0 spiro atoms. The van der Waals surface area contributed by atoms with Gasteiger partial charge in [0.15, 0.2) is 11.5 Å². The first-order valence-electron chi connectivity index (χ1n) is 8.17. The topological polar surface area (TPSA) is 79.0 Å². The molecule has 0 saturated carbocycles. The van der Waals surface area contributed by atoms with Crippen LogP contribution in [-0.2, 0) is 11.3 Å². The normalized spacial score (nSPS) is 11.3. The van der Waals surface area contributed by atoms with Gasteiger partial charge in [0.1, 0.15) is 0 Å². The molecule has 4 rings (SSSR count). The van der Waals surface area contributed by atoms with Crippen molar-refractivity contribution in [1.82, 2.24) is 19.1 Å². The molecule has 0 aromatic heterocycles. The van der Waals surface area contributed by atoms with Crippen molar-refractivity contribution in [2.45, 2.75) is 6.54 Å². The van der Waals surface area contributed by atoms with Gasteiger partial charge in [0.2, 0.25) is 0 Å². The van der Waals surface area contributed by atoms with E-state index in [1.807, 2.05) is 30.3 Å². The highest BCUT2D eigenvalue weighted by Gasteiger charge is 2.21. The number of ether oxygens (including phenoxy) is 1. The minimum absolute atomic E-state index is 0.156. The van der Waals surface area contributed by atoms with E-state index < -0.39 is 11.2 Å². The molecule has 2 heterocycles. The van der Waals surface area contributed by atoms with E-state index in [0.717, 1.165) is 10.1 Å². The van der Waals surface area contributed by atoms with Crippen LogP contribution < -0.4 is 11.2 Å². The van der Waals surface area contributed by atoms with Gasteiger partial charge < -0.3 is 9.30 Å². The minimum atomic E-state index is -0.628. The molecule has 2 aromatic rings. The van der Waals surface area contributed by atoms with Gasteiger partial charge in [-0.25, -0.2) is 14.3 Å². The standard InChI is InChI=1S/C19H16N4O3/c1-26-12-11-22-15-10-6-5-9-14(15)20-16-17(22)21-19(25)23(18(16)24)13-7-3-2-4-8-13/h2-10H,11-12H2,1H3. The maximum absolute atomic E-state index is 13.0. The van der Waals surface area contributed by atoms with Crippen molar-refractivity contribution < 1.29 is 4.74 Å². The smallest absolute Gasteiger partial charge is 0.357 e. The lowest BCUT2D eigenvalue weighted by molar-refractivity contribution is 0.188. The van der Waals surface area contributed by atoms with E-state index >= 15 is 0 Å². The summed E-state index contributed by atoms with van der Waals surface area (Å²) in [5.41, 5.74) is 0.965. The third-order valence-corrected chi connectivity index (χ3v) is 4.20. The summed E-state index contributed by atoms with van der Waals surface area (Å²) in [6.07, 6.45) is 0. The fraction of sp³-hybridized carbons (Fsp3) is 0.158. The molecule has 0 saturated heterocycles. The van der Waals surface area contributed by atoms with Gasteiger partial charge in [-0.2, -0.15) is 4.98 Å². The summed E-state index contributed by atoms with van der Waals surface area (Å²) in [5, 5.41) is 0. The maximum atomic E-state index is 13.0. The maximum Gasteiger partial charge on any atom is 0.357 e. The fourth-order valence-corrected chi connectivity index (χ4v) is 3.00. The van der Waals surface area contributed by atoms with E-state index in [2.05, 4.69) is 9.97 Å². The Bertz CT molecular complexity index is 1160. The highest BCUT2D eigenvalue weighted by atomic mass is 16.5. The zero-order valence-corrected chi connectivity index (χ0v) is 14.1. The molecule has 7 nitrogen and oxygen atoms in total. The van der Waals surface area contributed by atoms with E-state index in [1.165, 1.54) is 0 Å². The lowest BCUT2D eigenvalue weighted by Crippen LogP contribution is -2.37. The number of hydrogen-bond donors (Lipinski definition) is 0. The van der Waals surface area contributed by atoms with Crippen LogP contribution in [0, 0.1) is 0 Å². The van der Waals surface area contributed by atoms with Gasteiger partial charge in [-0.15, -0.1) is 0 Å². The van der Waals surface area contributed by atoms with Crippen LogP contribution in [0.25, 0.3) is 28.2 Å². The molecule has 130 valence electrons. The quantitative estimate of drug-likeness (QED) is 0.525. The number of hydrogen-bond acceptors (Lipinski definition) is 5.